The molecule has 0 heterocycles. The summed E-state index contributed by atoms with van der Waals surface area (Å²) >= 11 is 0. The Hall–Kier alpha value is -3.28. The summed E-state index contributed by atoms with van der Waals surface area (Å²) in [6.07, 6.45) is 0. The van der Waals surface area contributed by atoms with Gasteiger partial charge >= 0.3 is 6.03 Å². The number of phenols is 1. The van der Waals surface area contributed by atoms with Gasteiger partial charge in [0.1, 0.15) is 5.75 Å². The number of allylic oxidation sites excluding steroid dienone is 1. The molecule has 0 radical (unpaired) electrons. The van der Waals surface area contributed by atoms with Crippen LogP contribution in [0.5, 0.6) is 5.75 Å². The quantitative estimate of drug-likeness (QED) is 0.636. The zero-order chi connectivity index (χ0) is 19.3. The smallest absolute Gasteiger partial charge is 0.334 e. The van der Waals surface area contributed by atoms with E-state index in [0.717, 1.165) is 16.7 Å². The van der Waals surface area contributed by atoms with Gasteiger partial charge in [0.25, 0.3) is 5.91 Å². The Morgan fingerprint density at radius 3 is 2.27 bits per heavy atom. The van der Waals surface area contributed by atoms with Gasteiger partial charge in [0, 0.05) is 5.56 Å². The molecule has 0 aromatic heterocycles. The molecule has 2 aromatic rings. The van der Waals surface area contributed by atoms with Crippen molar-refractivity contribution in [1.82, 2.24) is 16.2 Å². The lowest BCUT2D eigenvalue weighted by Gasteiger charge is -2.27. The molecule has 0 aliphatic heterocycles. The van der Waals surface area contributed by atoms with Gasteiger partial charge in [0.15, 0.2) is 0 Å². The van der Waals surface area contributed by atoms with E-state index in [-0.39, 0.29) is 5.75 Å². The van der Waals surface area contributed by atoms with E-state index in [4.69, 9.17) is 0 Å². The van der Waals surface area contributed by atoms with Gasteiger partial charge in [-0.2, -0.15) is 0 Å². The second-order valence-electron chi connectivity index (χ2n) is 6.57. The molecule has 6 nitrogen and oxygen atoms in total. The van der Waals surface area contributed by atoms with E-state index < -0.39 is 17.5 Å². The van der Waals surface area contributed by atoms with Gasteiger partial charge in [-0.05, 0) is 62.2 Å². The van der Waals surface area contributed by atoms with Crippen LogP contribution >= 0.6 is 0 Å². The van der Waals surface area contributed by atoms with Crippen LogP contribution in [0, 0.1) is 0 Å². The minimum Gasteiger partial charge on any atom is -0.508 e. The summed E-state index contributed by atoms with van der Waals surface area (Å²) in [4.78, 5) is 24.1. The predicted molar refractivity (Wildman–Crippen MR) is 101 cm³/mol. The molecule has 0 saturated heterocycles. The fourth-order valence-electron chi connectivity index (χ4n) is 2.36. The van der Waals surface area contributed by atoms with Crippen molar-refractivity contribution in [2.75, 3.05) is 0 Å². The molecular weight excluding hydrogens is 330 g/mol. The van der Waals surface area contributed by atoms with Crippen LogP contribution in [0.4, 0.5) is 4.79 Å². The highest BCUT2D eigenvalue weighted by Crippen LogP contribution is 2.23. The van der Waals surface area contributed by atoms with E-state index >= 15 is 0 Å². The Kier molecular flexibility index (Phi) is 5.67. The Labute approximate surface area is 152 Å². The maximum absolute atomic E-state index is 12.1. The molecule has 26 heavy (non-hydrogen) atoms. The van der Waals surface area contributed by atoms with E-state index in [9.17, 15) is 14.7 Å². The number of carbonyl (C=O) groups is 2. The normalized spacial score (nSPS) is 10.7. The van der Waals surface area contributed by atoms with E-state index in [1.54, 1.807) is 0 Å². The molecule has 0 atom stereocenters. The van der Waals surface area contributed by atoms with Crippen LogP contribution in [-0.2, 0) is 5.54 Å². The fourth-order valence-corrected chi connectivity index (χ4v) is 2.36. The van der Waals surface area contributed by atoms with Crippen LogP contribution in [0.25, 0.3) is 5.57 Å². The van der Waals surface area contributed by atoms with Crippen molar-refractivity contribution in [1.29, 1.82) is 0 Å². The van der Waals surface area contributed by atoms with Crippen molar-refractivity contribution in [2.24, 2.45) is 0 Å². The average Bonchev–Trinajstić information content (AvgIpc) is 2.60. The van der Waals surface area contributed by atoms with Crippen molar-refractivity contribution in [3.8, 4) is 5.75 Å². The first-order chi connectivity index (χ1) is 12.2. The highest BCUT2D eigenvalue weighted by atomic mass is 16.3. The van der Waals surface area contributed by atoms with Gasteiger partial charge in [-0.3, -0.25) is 10.2 Å². The number of hydrogen-bond acceptors (Lipinski definition) is 3. The zero-order valence-electron chi connectivity index (χ0n) is 15.1. The van der Waals surface area contributed by atoms with Crippen molar-refractivity contribution in [3.63, 3.8) is 0 Å². The second kappa shape index (κ2) is 7.74. The van der Waals surface area contributed by atoms with Gasteiger partial charge in [0.05, 0.1) is 5.54 Å². The van der Waals surface area contributed by atoms with Crippen LogP contribution in [0.15, 0.2) is 55.1 Å². The largest absolute Gasteiger partial charge is 0.508 e. The Balaban J connectivity index is 1.97. The van der Waals surface area contributed by atoms with Gasteiger partial charge in [-0.25, -0.2) is 10.2 Å². The molecule has 0 aliphatic carbocycles. The van der Waals surface area contributed by atoms with Crippen LogP contribution in [-0.4, -0.2) is 17.0 Å². The van der Waals surface area contributed by atoms with Crippen LogP contribution < -0.4 is 16.2 Å². The third kappa shape index (κ3) is 4.86. The lowest BCUT2D eigenvalue weighted by Crippen LogP contribution is -2.52. The number of hydrazine groups is 1. The summed E-state index contributed by atoms with van der Waals surface area (Å²) < 4.78 is 0. The molecule has 4 N–H and O–H groups in total. The number of rotatable bonds is 4. The standard InChI is InChI=1S/C20H23N3O3/c1-13(2)15-6-5-7-16(12-15)20(3,4)21-19(26)23-22-18(25)14-8-10-17(24)11-9-14/h5-12,24H,1H2,2-4H3,(H,22,25)(H2,21,23,26). The van der Waals surface area contributed by atoms with Crippen molar-refractivity contribution >= 4 is 17.5 Å². The lowest BCUT2D eigenvalue weighted by atomic mass is 9.92. The SMILES string of the molecule is C=C(C)c1cccc(C(C)(C)NC(=O)NNC(=O)c2ccc(O)cc2)c1. The maximum atomic E-state index is 12.1. The molecule has 0 unspecified atom stereocenters. The van der Waals surface area contributed by atoms with Gasteiger partial charge in [-0.1, -0.05) is 30.4 Å². The van der Waals surface area contributed by atoms with Crippen molar-refractivity contribution < 1.29 is 14.7 Å². The maximum Gasteiger partial charge on any atom is 0.334 e. The van der Waals surface area contributed by atoms with Crippen molar-refractivity contribution in [3.05, 3.63) is 71.8 Å². The summed E-state index contributed by atoms with van der Waals surface area (Å²) in [5, 5.41) is 12.0. The number of urea groups is 1. The lowest BCUT2D eigenvalue weighted by molar-refractivity contribution is 0.0935. The number of phenolic OH excluding ortho intramolecular Hbond substituents is 1. The highest BCUT2D eigenvalue weighted by Gasteiger charge is 2.23. The molecule has 3 amide bonds. The minimum absolute atomic E-state index is 0.0611. The zero-order valence-corrected chi connectivity index (χ0v) is 15.1. The van der Waals surface area contributed by atoms with Crippen LogP contribution in [0.1, 0.15) is 42.3 Å². The summed E-state index contributed by atoms with van der Waals surface area (Å²) in [5.41, 5.74) is 7.17. The fraction of sp³-hybridized carbons (Fsp3) is 0.200. The van der Waals surface area contributed by atoms with Crippen LogP contribution in [0.2, 0.25) is 0 Å². The molecule has 0 spiro atoms. The molecule has 0 saturated carbocycles. The third-order valence-electron chi connectivity index (χ3n) is 3.92. The van der Waals surface area contributed by atoms with Gasteiger partial charge in [0.2, 0.25) is 0 Å². The van der Waals surface area contributed by atoms with E-state index in [1.807, 2.05) is 45.0 Å². The molecular formula is C20H23N3O3. The Morgan fingerprint density at radius 1 is 1.00 bits per heavy atom. The Morgan fingerprint density at radius 2 is 1.65 bits per heavy atom. The third-order valence-corrected chi connectivity index (χ3v) is 3.92. The number of hydrogen-bond donors (Lipinski definition) is 4. The Bertz CT molecular complexity index is 826. The monoisotopic (exact) mass is 353 g/mol. The molecule has 136 valence electrons. The summed E-state index contributed by atoms with van der Waals surface area (Å²) in [6.45, 7) is 9.59. The summed E-state index contributed by atoms with van der Waals surface area (Å²) in [7, 11) is 0. The molecule has 0 bridgehead atoms. The first-order valence-electron chi connectivity index (χ1n) is 8.13. The minimum atomic E-state index is -0.654. The van der Waals surface area contributed by atoms with Crippen LogP contribution in [0.3, 0.4) is 0 Å². The molecule has 0 fully saturated rings. The molecule has 6 heteroatoms. The predicted octanol–water partition coefficient (Wildman–Crippen LogP) is 3.30. The van der Waals surface area contributed by atoms with Gasteiger partial charge in [-0.15, -0.1) is 0 Å². The molecule has 2 aromatic carbocycles. The number of benzene rings is 2. The average molecular weight is 353 g/mol. The van der Waals surface area contributed by atoms with E-state index in [2.05, 4.69) is 22.7 Å². The first kappa shape index (κ1) is 19.1. The molecule has 2 rings (SSSR count). The van der Waals surface area contributed by atoms with Crippen molar-refractivity contribution in [2.45, 2.75) is 26.3 Å². The second-order valence-corrected chi connectivity index (χ2v) is 6.57. The number of carbonyl (C=O) groups excluding carboxylic acids is 2. The summed E-state index contributed by atoms with van der Waals surface area (Å²) in [5.74, 6) is -0.423. The first-order valence-corrected chi connectivity index (χ1v) is 8.13. The van der Waals surface area contributed by atoms with E-state index in [1.165, 1.54) is 24.3 Å². The van der Waals surface area contributed by atoms with Gasteiger partial charge < -0.3 is 10.4 Å². The topological polar surface area (TPSA) is 90.5 Å². The number of aromatic hydroxyl groups is 1. The highest BCUT2D eigenvalue weighted by molar-refractivity contribution is 5.95. The summed E-state index contributed by atoms with van der Waals surface area (Å²) in [6, 6.07) is 12.9. The number of nitrogens with one attached hydrogen (secondary N) is 3. The molecule has 0 aliphatic rings. The number of amides is 3. The van der Waals surface area contributed by atoms with E-state index in [0.29, 0.717) is 5.56 Å².